The van der Waals surface area contributed by atoms with Crippen LogP contribution in [0.5, 0.6) is 0 Å². The van der Waals surface area contributed by atoms with E-state index in [1.165, 1.54) is 5.56 Å². The lowest BCUT2D eigenvalue weighted by Gasteiger charge is -2.54. The van der Waals surface area contributed by atoms with Crippen molar-refractivity contribution in [1.29, 1.82) is 0 Å². The summed E-state index contributed by atoms with van der Waals surface area (Å²) in [6.07, 6.45) is 3.02. The van der Waals surface area contributed by atoms with Crippen LogP contribution < -0.4 is 10.6 Å². The van der Waals surface area contributed by atoms with Crippen LogP contribution >= 0.6 is 0 Å². The standard InChI is InChI=1S/C23H34N4O2/c1-23(2)20(18-10-12-29-21(18)23)26-22(24-3)25-14-17-13-19(28)27(15-17)11-9-16-7-5-4-6-8-16/h4-8,17-18,20-21H,9-15H2,1-3H3,(H2,24,25,26). The molecule has 4 rings (SSSR count). The smallest absolute Gasteiger partial charge is 0.223 e. The summed E-state index contributed by atoms with van der Waals surface area (Å²) in [5.41, 5.74) is 1.40. The second-order valence-electron chi connectivity index (χ2n) is 9.29. The molecule has 29 heavy (non-hydrogen) atoms. The molecule has 2 heterocycles. The van der Waals surface area contributed by atoms with Crippen molar-refractivity contribution in [3.05, 3.63) is 35.9 Å². The predicted molar refractivity (Wildman–Crippen MR) is 115 cm³/mol. The van der Waals surface area contributed by atoms with Crippen molar-refractivity contribution in [2.24, 2.45) is 22.2 Å². The molecule has 4 atom stereocenters. The highest BCUT2D eigenvalue weighted by Gasteiger charge is 2.59. The Hall–Kier alpha value is -2.08. The van der Waals surface area contributed by atoms with Gasteiger partial charge in [0.05, 0.1) is 6.10 Å². The number of rotatable bonds is 6. The molecule has 1 aromatic carbocycles. The number of carbonyl (C=O) groups is 1. The minimum Gasteiger partial charge on any atom is -0.377 e. The number of aliphatic imine (C=N–C) groups is 1. The molecule has 4 unspecified atom stereocenters. The Balaban J connectivity index is 1.24. The first-order valence-corrected chi connectivity index (χ1v) is 10.9. The summed E-state index contributed by atoms with van der Waals surface area (Å²) in [6.45, 7) is 7.79. The van der Waals surface area contributed by atoms with Crippen LogP contribution in [0.3, 0.4) is 0 Å². The molecule has 3 aliphatic rings. The van der Waals surface area contributed by atoms with Crippen molar-refractivity contribution in [1.82, 2.24) is 15.5 Å². The van der Waals surface area contributed by atoms with Gasteiger partial charge in [0.2, 0.25) is 5.91 Å². The average molecular weight is 399 g/mol. The number of ether oxygens (including phenoxy) is 1. The average Bonchev–Trinajstić information content (AvgIpc) is 3.32. The van der Waals surface area contributed by atoms with Crippen molar-refractivity contribution in [3.8, 4) is 0 Å². The van der Waals surface area contributed by atoms with E-state index in [4.69, 9.17) is 4.74 Å². The van der Waals surface area contributed by atoms with E-state index in [9.17, 15) is 4.79 Å². The highest BCUT2D eigenvalue weighted by Crippen LogP contribution is 2.52. The predicted octanol–water partition coefficient (Wildman–Crippen LogP) is 2.06. The summed E-state index contributed by atoms with van der Waals surface area (Å²) in [6, 6.07) is 10.8. The van der Waals surface area contributed by atoms with E-state index in [2.05, 4.69) is 53.7 Å². The summed E-state index contributed by atoms with van der Waals surface area (Å²) < 4.78 is 5.89. The van der Waals surface area contributed by atoms with E-state index in [-0.39, 0.29) is 11.3 Å². The summed E-state index contributed by atoms with van der Waals surface area (Å²) in [7, 11) is 1.82. The van der Waals surface area contributed by atoms with E-state index in [0.29, 0.717) is 30.4 Å². The summed E-state index contributed by atoms with van der Waals surface area (Å²) in [4.78, 5) is 18.8. The summed E-state index contributed by atoms with van der Waals surface area (Å²) >= 11 is 0. The third-order valence-electron chi connectivity index (χ3n) is 6.98. The molecule has 6 nitrogen and oxygen atoms in total. The zero-order valence-electron chi connectivity index (χ0n) is 17.9. The van der Waals surface area contributed by atoms with E-state index in [1.54, 1.807) is 0 Å². The Bertz CT molecular complexity index is 749. The van der Waals surface area contributed by atoms with Gasteiger partial charge in [-0.25, -0.2) is 0 Å². The van der Waals surface area contributed by atoms with Crippen molar-refractivity contribution in [2.45, 2.75) is 45.3 Å². The van der Waals surface area contributed by atoms with Crippen LogP contribution in [0.4, 0.5) is 0 Å². The number of fused-ring (bicyclic) bond motifs is 1. The topological polar surface area (TPSA) is 66.0 Å². The number of nitrogens with one attached hydrogen (secondary N) is 2. The van der Waals surface area contributed by atoms with Crippen LogP contribution in [0.25, 0.3) is 0 Å². The zero-order chi connectivity index (χ0) is 20.4. The van der Waals surface area contributed by atoms with Crippen LogP contribution in [0, 0.1) is 17.3 Å². The highest BCUT2D eigenvalue weighted by atomic mass is 16.5. The van der Waals surface area contributed by atoms with Gasteiger partial charge in [-0.1, -0.05) is 44.2 Å². The Morgan fingerprint density at radius 1 is 1.31 bits per heavy atom. The molecule has 0 spiro atoms. The van der Waals surface area contributed by atoms with Crippen molar-refractivity contribution >= 4 is 11.9 Å². The number of amides is 1. The highest BCUT2D eigenvalue weighted by molar-refractivity contribution is 5.81. The van der Waals surface area contributed by atoms with Gasteiger partial charge < -0.3 is 20.3 Å². The van der Waals surface area contributed by atoms with Crippen LogP contribution in [0.15, 0.2) is 35.3 Å². The lowest BCUT2D eigenvalue weighted by Crippen LogP contribution is -2.68. The van der Waals surface area contributed by atoms with Gasteiger partial charge in [0, 0.05) is 63.0 Å². The fourth-order valence-electron chi connectivity index (χ4n) is 5.32. The Morgan fingerprint density at radius 3 is 2.86 bits per heavy atom. The monoisotopic (exact) mass is 398 g/mol. The molecule has 158 valence electrons. The maximum atomic E-state index is 12.4. The van der Waals surface area contributed by atoms with Gasteiger partial charge in [-0.2, -0.15) is 0 Å². The number of carbonyl (C=O) groups excluding carboxylic acids is 1. The summed E-state index contributed by atoms with van der Waals surface area (Å²) in [5, 5.41) is 7.08. The van der Waals surface area contributed by atoms with Crippen molar-refractivity contribution in [2.75, 3.05) is 33.3 Å². The first-order valence-electron chi connectivity index (χ1n) is 10.9. The molecule has 0 bridgehead atoms. The lowest BCUT2D eigenvalue weighted by atomic mass is 9.57. The van der Waals surface area contributed by atoms with Crippen LogP contribution in [-0.2, 0) is 16.0 Å². The first-order chi connectivity index (χ1) is 14.0. The number of benzene rings is 1. The maximum absolute atomic E-state index is 12.4. The number of nitrogens with zero attached hydrogens (tertiary/aromatic N) is 2. The van der Waals surface area contributed by atoms with E-state index in [1.807, 2.05) is 18.0 Å². The normalized spacial score (nSPS) is 30.8. The van der Waals surface area contributed by atoms with Gasteiger partial charge in [0.1, 0.15) is 0 Å². The molecule has 2 aliphatic heterocycles. The Morgan fingerprint density at radius 2 is 2.10 bits per heavy atom. The molecule has 1 saturated carbocycles. The minimum atomic E-state index is 0.121. The van der Waals surface area contributed by atoms with Gasteiger partial charge in [0.15, 0.2) is 5.96 Å². The van der Waals surface area contributed by atoms with Crippen molar-refractivity contribution in [3.63, 3.8) is 0 Å². The molecule has 6 heteroatoms. The Labute approximate surface area is 174 Å². The summed E-state index contributed by atoms with van der Waals surface area (Å²) in [5.74, 6) is 2.00. The number of hydrogen-bond donors (Lipinski definition) is 2. The third kappa shape index (κ3) is 4.13. The SMILES string of the molecule is CN=C(NCC1CC(=O)N(CCc2ccccc2)C1)NC1C2CCOC2C1(C)C. The van der Waals surface area contributed by atoms with Gasteiger partial charge in [-0.3, -0.25) is 9.79 Å². The lowest BCUT2D eigenvalue weighted by molar-refractivity contribution is -0.127. The Kier molecular flexibility index (Phi) is 5.81. The largest absolute Gasteiger partial charge is 0.377 e. The fraction of sp³-hybridized carbons (Fsp3) is 0.652. The van der Waals surface area contributed by atoms with Crippen molar-refractivity contribution < 1.29 is 9.53 Å². The molecule has 1 amide bonds. The second kappa shape index (κ2) is 8.34. The van der Waals surface area contributed by atoms with Crippen LogP contribution in [0.2, 0.25) is 0 Å². The molecular formula is C23H34N4O2. The third-order valence-corrected chi connectivity index (χ3v) is 6.98. The first kappa shape index (κ1) is 20.2. The van der Waals surface area contributed by atoms with Gasteiger partial charge in [-0.15, -0.1) is 0 Å². The molecule has 1 aromatic rings. The molecule has 2 saturated heterocycles. The zero-order valence-corrected chi connectivity index (χ0v) is 17.9. The molecule has 3 fully saturated rings. The van der Waals surface area contributed by atoms with E-state index < -0.39 is 0 Å². The number of guanidine groups is 1. The van der Waals surface area contributed by atoms with Crippen LogP contribution in [-0.4, -0.2) is 62.2 Å². The molecule has 0 radical (unpaired) electrons. The van der Waals surface area contributed by atoms with Gasteiger partial charge in [0.25, 0.3) is 0 Å². The van der Waals surface area contributed by atoms with E-state index >= 15 is 0 Å². The quantitative estimate of drug-likeness (QED) is 0.569. The van der Waals surface area contributed by atoms with Gasteiger partial charge >= 0.3 is 0 Å². The molecular weight excluding hydrogens is 364 g/mol. The second-order valence-corrected chi connectivity index (χ2v) is 9.29. The molecule has 1 aliphatic carbocycles. The molecule has 2 N–H and O–H groups in total. The number of hydrogen-bond acceptors (Lipinski definition) is 3. The fourth-order valence-corrected chi connectivity index (χ4v) is 5.32. The number of likely N-dealkylation sites (tertiary alicyclic amines) is 1. The van der Waals surface area contributed by atoms with Gasteiger partial charge in [-0.05, 0) is 18.4 Å². The molecule has 0 aromatic heterocycles. The van der Waals surface area contributed by atoms with E-state index in [0.717, 1.165) is 45.0 Å². The van der Waals surface area contributed by atoms with Crippen LogP contribution in [0.1, 0.15) is 32.3 Å². The maximum Gasteiger partial charge on any atom is 0.223 e. The minimum absolute atomic E-state index is 0.121.